The van der Waals surface area contributed by atoms with Crippen molar-refractivity contribution >= 4 is 5.97 Å². The van der Waals surface area contributed by atoms with Crippen LogP contribution in [0.2, 0.25) is 0 Å². The van der Waals surface area contributed by atoms with E-state index in [9.17, 15) is 4.79 Å². The molecule has 18 heavy (non-hydrogen) atoms. The fraction of sp³-hybridized carbons (Fsp3) is 0.929. The molecule has 0 spiro atoms. The lowest BCUT2D eigenvalue weighted by Crippen LogP contribution is -2.51. The van der Waals surface area contributed by atoms with Crippen molar-refractivity contribution in [2.75, 3.05) is 33.3 Å². The predicted molar refractivity (Wildman–Crippen MR) is 73.5 cm³/mol. The highest BCUT2D eigenvalue weighted by Crippen LogP contribution is 2.20. The molecule has 1 fully saturated rings. The molecule has 1 aliphatic rings. The van der Waals surface area contributed by atoms with E-state index in [0.29, 0.717) is 18.5 Å². The highest BCUT2D eigenvalue weighted by molar-refractivity contribution is 5.76. The fourth-order valence-corrected chi connectivity index (χ4v) is 2.56. The van der Waals surface area contributed by atoms with E-state index in [1.807, 2.05) is 13.8 Å². The van der Waals surface area contributed by atoms with Crippen LogP contribution in [0.5, 0.6) is 0 Å². The van der Waals surface area contributed by atoms with E-state index in [-0.39, 0.29) is 5.97 Å². The molecule has 0 aromatic heterocycles. The SMILES string of the molecule is CCN1CC[C@H](NCC(C)(C)C(=O)OC)[C@@H](C)C1. The molecule has 1 saturated heterocycles. The van der Waals surface area contributed by atoms with Gasteiger partial charge < -0.3 is 15.0 Å². The Kier molecular flexibility index (Phi) is 5.60. The molecule has 0 bridgehead atoms. The van der Waals surface area contributed by atoms with Crippen LogP contribution in [-0.4, -0.2) is 50.2 Å². The molecule has 0 aromatic carbocycles. The first-order chi connectivity index (χ1) is 8.40. The lowest BCUT2D eigenvalue weighted by atomic mass is 9.90. The van der Waals surface area contributed by atoms with Crippen LogP contribution in [-0.2, 0) is 9.53 Å². The lowest BCUT2D eigenvalue weighted by molar-refractivity contribution is -0.150. The van der Waals surface area contributed by atoms with Gasteiger partial charge in [0.15, 0.2) is 0 Å². The molecule has 2 atom stereocenters. The number of methoxy groups -OCH3 is 1. The summed E-state index contributed by atoms with van der Waals surface area (Å²) in [7, 11) is 1.45. The number of carbonyl (C=O) groups is 1. The summed E-state index contributed by atoms with van der Waals surface area (Å²) in [5.74, 6) is 0.487. The molecule has 0 aromatic rings. The minimum atomic E-state index is -0.448. The highest BCUT2D eigenvalue weighted by Gasteiger charge is 2.31. The van der Waals surface area contributed by atoms with E-state index in [1.54, 1.807) is 0 Å². The lowest BCUT2D eigenvalue weighted by Gasteiger charge is -2.38. The first kappa shape index (κ1) is 15.4. The Balaban J connectivity index is 2.42. The normalized spacial score (nSPS) is 26.1. The Hall–Kier alpha value is -0.610. The van der Waals surface area contributed by atoms with E-state index in [1.165, 1.54) is 7.11 Å². The van der Waals surface area contributed by atoms with Gasteiger partial charge in [-0.3, -0.25) is 4.79 Å². The molecule has 0 amide bonds. The van der Waals surface area contributed by atoms with Gasteiger partial charge in [0.1, 0.15) is 0 Å². The zero-order chi connectivity index (χ0) is 13.8. The number of likely N-dealkylation sites (tertiary alicyclic amines) is 1. The maximum absolute atomic E-state index is 11.6. The third-order valence-electron chi connectivity index (χ3n) is 3.98. The van der Waals surface area contributed by atoms with Crippen molar-refractivity contribution in [3.8, 4) is 0 Å². The average Bonchev–Trinajstić information content (AvgIpc) is 2.36. The van der Waals surface area contributed by atoms with Gasteiger partial charge in [0.05, 0.1) is 12.5 Å². The zero-order valence-corrected chi connectivity index (χ0v) is 12.5. The molecule has 0 aliphatic carbocycles. The zero-order valence-electron chi connectivity index (χ0n) is 12.5. The van der Waals surface area contributed by atoms with Gasteiger partial charge in [-0.2, -0.15) is 0 Å². The number of nitrogens with zero attached hydrogens (tertiary/aromatic N) is 1. The highest BCUT2D eigenvalue weighted by atomic mass is 16.5. The molecule has 1 aliphatic heterocycles. The van der Waals surface area contributed by atoms with Crippen LogP contribution >= 0.6 is 0 Å². The summed E-state index contributed by atoms with van der Waals surface area (Å²) >= 11 is 0. The molecule has 1 rings (SSSR count). The van der Waals surface area contributed by atoms with Crippen molar-refractivity contribution in [1.29, 1.82) is 0 Å². The minimum Gasteiger partial charge on any atom is -0.469 e. The maximum Gasteiger partial charge on any atom is 0.312 e. The third kappa shape index (κ3) is 3.95. The second-order valence-electron chi connectivity index (χ2n) is 6.02. The molecular weight excluding hydrogens is 228 g/mol. The van der Waals surface area contributed by atoms with Gasteiger partial charge in [-0.1, -0.05) is 13.8 Å². The average molecular weight is 256 g/mol. The van der Waals surface area contributed by atoms with E-state index >= 15 is 0 Å². The standard InChI is InChI=1S/C14H28N2O2/c1-6-16-8-7-12(11(2)9-16)15-10-14(3,4)13(17)18-5/h11-12,15H,6-10H2,1-5H3/t11-,12-/m0/s1. The molecular formula is C14H28N2O2. The Labute approximate surface area is 111 Å². The Morgan fingerprint density at radius 3 is 2.67 bits per heavy atom. The molecule has 0 radical (unpaired) electrons. The van der Waals surface area contributed by atoms with E-state index < -0.39 is 5.41 Å². The number of rotatable bonds is 5. The van der Waals surface area contributed by atoms with Crippen LogP contribution in [0.1, 0.15) is 34.1 Å². The van der Waals surface area contributed by atoms with Crippen molar-refractivity contribution in [3.05, 3.63) is 0 Å². The summed E-state index contributed by atoms with van der Waals surface area (Å²) in [6.45, 7) is 12.5. The number of piperidine rings is 1. The summed E-state index contributed by atoms with van der Waals surface area (Å²) in [4.78, 5) is 14.1. The van der Waals surface area contributed by atoms with Gasteiger partial charge in [0, 0.05) is 19.1 Å². The summed E-state index contributed by atoms with van der Waals surface area (Å²) in [6.07, 6.45) is 1.16. The first-order valence-corrected chi connectivity index (χ1v) is 6.95. The van der Waals surface area contributed by atoms with Gasteiger partial charge in [-0.25, -0.2) is 0 Å². The summed E-state index contributed by atoms with van der Waals surface area (Å²) in [6, 6.07) is 0.511. The van der Waals surface area contributed by atoms with Crippen molar-refractivity contribution in [2.24, 2.45) is 11.3 Å². The van der Waals surface area contributed by atoms with Crippen molar-refractivity contribution in [1.82, 2.24) is 10.2 Å². The molecule has 4 heteroatoms. The molecule has 1 heterocycles. The van der Waals surface area contributed by atoms with Crippen LogP contribution in [0, 0.1) is 11.3 Å². The van der Waals surface area contributed by atoms with Gasteiger partial charge in [0.2, 0.25) is 0 Å². The Morgan fingerprint density at radius 1 is 1.50 bits per heavy atom. The van der Waals surface area contributed by atoms with Crippen LogP contribution in [0.25, 0.3) is 0 Å². The largest absolute Gasteiger partial charge is 0.469 e. The summed E-state index contributed by atoms with van der Waals surface area (Å²) < 4.78 is 4.83. The molecule has 1 N–H and O–H groups in total. The van der Waals surface area contributed by atoms with Crippen LogP contribution < -0.4 is 5.32 Å². The van der Waals surface area contributed by atoms with Crippen LogP contribution in [0.4, 0.5) is 0 Å². The second kappa shape index (κ2) is 6.53. The predicted octanol–water partition coefficient (Wildman–Crippen LogP) is 1.51. The van der Waals surface area contributed by atoms with Crippen LogP contribution in [0.15, 0.2) is 0 Å². The number of hydrogen-bond acceptors (Lipinski definition) is 4. The van der Waals surface area contributed by atoms with Gasteiger partial charge in [-0.05, 0) is 39.3 Å². The number of hydrogen-bond donors (Lipinski definition) is 1. The van der Waals surface area contributed by atoms with Crippen LogP contribution in [0.3, 0.4) is 0 Å². The van der Waals surface area contributed by atoms with Gasteiger partial charge in [-0.15, -0.1) is 0 Å². The Morgan fingerprint density at radius 2 is 2.17 bits per heavy atom. The number of carbonyl (C=O) groups excluding carboxylic acids is 1. The van der Waals surface area contributed by atoms with E-state index in [2.05, 4.69) is 24.1 Å². The summed E-state index contributed by atoms with van der Waals surface area (Å²) in [5.41, 5.74) is -0.448. The minimum absolute atomic E-state index is 0.145. The summed E-state index contributed by atoms with van der Waals surface area (Å²) in [5, 5.41) is 3.54. The van der Waals surface area contributed by atoms with Crippen molar-refractivity contribution in [3.63, 3.8) is 0 Å². The van der Waals surface area contributed by atoms with Gasteiger partial charge in [0.25, 0.3) is 0 Å². The van der Waals surface area contributed by atoms with Gasteiger partial charge >= 0.3 is 5.97 Å². The molecule has 4 nitrogen and oxygen atoms in total. The second-order valence-corrected chi connectivity index (χ2v) is 6.02. The fourth-order valence-electron chi connectivity index (χ4n) is 2.56. The third-order valence-corrected chi connectivity index (χ3v) is 3.98. The van der Waals surface area contributed by atoms with Crippen molar-refractivity contribution < 1.29 is 9.53 Å². The molecule has 0 unspecified atom stereocenters. The molecule has 106 valence electrons. The van der Waals surface area contributed by atoms with Crippen molar-refractivity contribution in [2.45, 2.75) is 40.2 Å². The number of ether oxygens (including phenoxy) is 1. The Bertz CT molecular complexity index is 279. The smallest absolute Gasteiger partial charge is 0.312 e. The van der Waals surface area contributed by atoms with E-state index in [4.69, 9.17) is 4.74 Å². The quantitative estimate of drug-likeness (QED) is 0.757. The topological polar surface area (TPSA) is 41.6 Å². The number of esters is 1. The number of nitrogens with one attached hydrogen (secondary N) is 1. The van der Waals surface area contributed by atoms with E-state index in [0.717, 1.165) is 26.1 Å². The molecule has 0 saturated carbocycles. The maximum atomic E-state index is 11.6. The first-order valence-electron chi connectivity index (χ1n) is 6.95. The monoisotopic (exact) mass is 256 g/mol.